The number of nitrogens with zero attached hydrogens (tertiary/aromatic N) is 1. The summed E-state index contributed by atoms with van der Waals surface area (Å²) >= 11 is 0. The summed E-state index contributed by atoms with van der Waals surface area (Å²) in [5.74, 6) is 1.77. The van der Waals surface area contributed by atoms with Crippen molar-refractivity contribution >= 4 is 0 Å². The van der Waals surface area contributed by atoms with Crippen LogP contribution in [0.25, 0.3) is 0 Å². The summed E-state index contributed by atoms with van der Waals surface area (Å²) in [5, 5.41) is 0. The van der Waals surface area contributed by atoms with Crippen molar-refractivity contribution in [3.8, 4) is 0 Å². The van der Waals surface area contributed by atoms with E-state index < -0.39 is 6.43 Å². The van der Waals surface area contributed by atoms with Gasteiger partial charge in [0.2, 0.25) is 0 Å². The first-order valence-electron chi connectivity index (χ1n) is 5.23. The van der Waals surface area contributed by atoms with E-state index in [1.807, 2.05) is 11.8 Å². The van der Waals surface area contributed by atoms with Gasteiger partial charge < -0.3 is 0 Å². The summed E-state index contributed by atoms with van der Waals surface area (Å²) < 4.78 is 24.4. The molecule has 0 radical (unpaired) electrons. The van der Waals surface area contributed by atoms with E-state index in [-0.39, 0.29) is 6.54 Å². The van der Waals surface area contributed by atoms with Gasteiger partial charge in [0.05, 0.1) is 6.54 Å². The maximum atomic E-state index is 12.2. The van der Waals surface area contributed by atoms with Crippen molar-refractivity contribution in [3.05, 3.63) is 0 Å². The molecule has 2 saturated carbocycles. The van der Waals surface area contributed by atoms with Crippen LogP contribution in [0.1, 0.15) is 26.2 Å². The van der Waals surface area contributed by atoms with E-state index in [4.69, 9.17) is 0 Å². The Hall–Kier alpha value is -0.180. The Morgan fingerprint density at radius 2 is 1.85 bits per heavy atom. The molecule has 2 rings (SSSR count). The molecule has 2 atom stereocenters. The molecule has 1 nitrogen and oxygen atoms in total. The summed E-state index contributed by atoms with van der Waals surface area (Å²) in [6.07, 6.45) is 1.54. The van der Waals surface area contributed by atoms with Crippen LogP contribution < -0.4 is 0 Å². The largest absolute Gasteiger partial charge is 0.295 e. The SMILES string of the molecule is CCN(CC(F)F)C1CC2CC2C1. The molecule has 0 aromatic heterocycles. The highest BCUT2D eigenvalue weighted by Crippen LogP contribution is 2.52. The molecule has 2 unspecified atom stereocenters. The predicted octanol–water partition coefficient (Wildman–Crippen LogP) is 2.37. The molecule has 2 fully saturated rings. The van der Waals surface area contributed by atoms with Gasteiger partial charge in [0.15, 0.2) is 0 Å². The second-order valence-corrected chi connectivity index (χ2v) is 4.36. The minimum Gasteiger partial charge on any atom is -0.295 e. The van der Waals surface area contributed by atoms with Crippen molar-refractivity contribution in [2.45, 2.75) is 38.7 Å². The van der Waals surface area contributed by atoms with Gasteiger partial charge in [0.25, 0.3) is 6.43 Å². The van der Waals surface area contributed by atoms with Crippen LogP contribution in [-0.2, 0) is 0 Å². The van der Waals surface area contributed by atoms with E-state index in [1.165, 1.54) is 19.3 Å². The summed E-state index contributed by atoms with van der Waals surface area (Å²) in [4.78, 5) is 1.96. The molecular formula is C10H17F2N. The van der Waals surface area contributed by atoms with Crippen molar-refractivity contribution < 1.29 is 8.78 Å². The normalized spacial score (nSPS) is 37.2. The summed E-state index contributed by atoms with van der Waals surface area (Å²) in [6.45, 7) is 2.72. The van der Waals surface area contributed by atoms with Gasteiger partial charge in [-0.1, -0.05) is 6.92 Å². The number of hydrogen-bond donors (Lipinski definition) is 0. The first-order valence-corrected chi connectivity index (χ1v) is 5.23. The molecule has 0 aromatic carbocycles. The van der Waals surface area contributed by atoms with E-state index >= 15 is 0 Å². The van der Waals surface area contributed by atoms with Gasteiger partial charge in [-0.05, 0) is 37.6 Å². The standard InChI is InChI=1S/C10H17F2N/c1-2-13(6-10(11)12)9-4-7-3-8(7)5-9/h7-10H,2-6H2,1H3. The lowest BCUT2D eigenvalue weighted by Gasteiger charge is -2.28. The molecule has 0 heterocycles. The van der Waals surface area contributed by atoms with Crippen LogP contribution in [0.15, 0.2) is 0 Å². The van der Waals surface area contributed by atoms with E-state index in [0.717, 1.165) is 18.4 Å². The van der Waals surface area contributed by atoms with E-state index in [9.17, 15) is 8.78 Å². The van der Waals surface area contributed by atoms with Gasteiger partial charge in [-0.15, -0.1) is 0 Å². The zero-order valence-corrected chi connectivity index (χ0v) is 8.05. The average molecular weight is 189 g/mol. The molecule has 3 heteroatoms. The molecule has 0 bridgehead atoms. The molecule has 0 amide bonds. The van der Waals surface area contributed by atoms with Crippen LogP contribution in [0, 0.1) is 11.8 Å². The average Bonchev–Trinajstić information content (AvgIpc) is 2.69. The van der Waals surface area contributed by atoms with Crippen LogP contribution >= 0.6 is 0 Å². The monoisotopic (exact) mass is 189 g/mol. The van der Waals surface area contributed by atoms with E-state index in [1.54, 1.807) is 0 Å². The molecule has 76 valence electrons. The van der Waals surface area contributed by atoms with Gasteiger partial charge in [-0.2, -0.15) is 0 Å². The lowest BCUT2D eigenvalue weighted by Crippen LogP contribution is -2.37. The van der Waals surface area contributed by atoms with Crippen LogP contribution in [0.4, 0.5) is 8.78 Å². The Bertz CT molecular complexity index is 174. The van der Waals surface area contributed by atoms with Gasteiger partial charge >= 0.3 is 0 Å². The summed E-state index contributed by atoms with van der Waals surface area (Å²) in [5.41, 5.74) is 0. The van der Waals surface area contributed by atoms with Gasteiger partial charge in [0, 0.05) is 6.04 Å². The van der Waals surface area contributed by atoms with Crippen LogP contribution in [-0.4, -0.2) is 30.5 Å². The Morgan fingerprint density at radius 1 is 1.23 bits per heavy atom. The minimum atomic E-state index is -2.17. The Morgan fingerprint density at radius 3 is 2.31 bits per heavy atom. The summed E-state index contributed by atoms with van der Waals surface area (Å²) in [7, 11) is 0. The first kappa shape index (κ1) is 9.38. The lowest BCUT2D eigenvalue weighted by atomic mass is 10.1. The number of rotatable bonds is 4. The quantitative estimate of drug-likeness (QED) is 0.656. The molecule has 13 heavy (non-hydrogen) atoms. The van der Waals surface area contributed by atoms with Gasteiger partial charge in [0.1, 0.15) is 0 Å². The highest BCUT2D eigenvalue weighted by atomic mass is 19.3. The van der Waals surface area contributed by atoms with Crippen LogP contribution in [0.5, 0.6) is 0 Å². The maximum absolute atomic E-state index is 12.2. The zero-order chi connectivity index (χ0) is 9.42. The number of halogens is 2. The fourth-order valence-electron chi connectivity index (χ4n) is 2.69. The topological polar surface area (TPSA) is 3.24 Å². The fourth-order valence-corrected chi connectivity index (χ4v) is 2.69. The third kappa shape index (κ3) is 2.01. The molecule has 2 aliphatic carbocycles. The third-order valence-corrected chi connectivity index (χ3v) is 3.51. The molecular weight excluding hydrogens is 172 g/mol. The Balaban J connectivity index is 1.82. The minimum absolute atomic E-state index is 0.0272. The zero-order valence-electron chi connectivity index (χ0n) is 8.05. The highest BCUT2D eigenvalue weighted by Gasteiger charge is 2.47. The second-order valence-electron chi connectivity index (χ2n) is 4.36. The highest BCUT2D eigenvalue weighted by molar-refractivity contribution is 4.99. The van der Waals surface area contributed by atoms with Crippen molar-refractivity contribution in [2.75, 3.05) is 13.1 Å². The van der Waals surface area contributed by atoms with Crippen molar-refractivity contribution in [2.24, 2.45) is 11.8 Å². The van der Waals surface area contributed by atoms with Gasteiger partial charge in [-0.3, -0.25) is 4.90 Å². The summed E-state index contributed by atoms with van der Waals surface area (Å²) in [6, 6.07) is 0.461. The number of alkyl halides is 2. The number of hydrogen-bond acceptors (Lipinski definition) is 1. The molecule has 0 aromatic rings. The lowest BCUT2D eigenvalue weighted by molar-refractivity contribution is 0.0667. The smallest absolute Gasteiger partial charge is 0.251 e. The van der Waals surface area contributed by atoms with E-state index in [0.29, 0.717) is 6.04 Å². The fraction of sp³-hybridized carbons (Fsp3) is 1.00. The molecule has 0 aliphatic heterocycles. The molecule has 0 spiro atoms. The maximum Gasteiger partial charge on any atom is 0.251 e. The van der Waals surface area contributed by atoms with E-state index in [2.05, 4.69) is 0 Å². The predicted molar refractivity (Wildman–Crippen MR) is 47.9 cm³/mol. The van der Waals surface area contributed by atoms with Crippen molar-refractivity contribution in [1.82, 2.24) is 4.90 Å². The molecule has 2 aliphatic rings. The van der Waals surface area contributed by atoms with Crippen LogP contribution in [0.2, 0.25) is 0 Å². The Labute approximate surface area is 78.1 Å². The van der Waals surface area contributed by atoms with Gasteiger partial charge in [-0.25, -0.2) is 8.78 Å². The number of fused-ring (bicyclic) bond motifs is 1. The van der Waals surface area contributed by atoms with Crippen molar-refractivity contribution in [1.29, 1.82) is 0 Å². The first-order chi connectivity index (χ1) is 6.20. The third-order valence-electron chi connectivity index (χ3n) is 3.51. The molecule has 0 N–H and O–H groups in total. The molecule has 0 saturated heterocycles. The van der Waals surface area contributed by atoms with Crippen LogP contribution in [0.3, 0.4) is 0 Å². The van der Waals surface area contributed by atoms with Crippen molar-refractivity contribution in [3.63, 3.8) is 0 Å². The second kappa shape index (κ2) is 3.52. The Kier molecular flexibility index (Phi) is 2.54.